The molecule has 84 valence electrons. The molecule has 0 fully saturated rings. The molecule has 15 heavy (non-hydrogen) atoms. The zero-order chi connectivity index (χ0) is 11.3. The molecule has 1 atom stereocenters. The fourth-order valence-electron chi connectivity index (χ4n) is 1.33. The second-order valence-electron chi connectivity index (χ2n) is 3.77. The third-order valence-corrected chi connectivity index (χ3v) is 2.40. The minimum atomic E-state index is 0.122. The number of rotatable bonds is 5. The van der Waals surface area contributed by atoms with Gasteiger partial charge in [0, 0.05) is 12.6 Å². The summed E-state index contributed by atoms with van der Waals surface area (Å²) in [5, 5.41) is 12.1. The van der Waals surface area contributed by atoms with Crippen molar-refractivity contribution in [2.45, 2.75) is 26.4 Å². The Morgan fingerprint density at radius 2 is 2.20 bits per heavy atom. The first-order valence-corrected chi connectivity index (χ1v) is 5.15. The zero-order valence-electron chi connectivity index (χ0n) is 9.58. The zero-order valence-corrected chi connectivity index (χ0v) is 9.58. The molecule has 0 amide bonds. The van der Waals surface area contributed by atoms with Crippen molar-refractivity contribution < 1.29 is 9.84 Å². The number of ether oxygens (including phenoxy) is 1. The highest BCUT2D eigenvalue weighted by Crippen LogP contribution is 2.18. The Bertz CT molecular complexity index is 312. The van der Waals surface area contributed by atoms with Crippen LogP contribution in [-0.2, 0) is 6.54 Å². The van der Waals surface area contributed by atoms with Crippen LogP contribution in [0.25, 0.3) is 0 Å². The summed E-state index contributed by atoms with van der Waals surface area (Å²) < 4.78 is 5.24. The lowest BCUT2D eigenvalue weighted by Gasteiger charge is -2.12. The molecule has 3 heteroatoms. The van der Waals surface area contributed by atoms with Gasteiger partial charge in [-0.15, -0.1) is 0 Å². The third-order valence-electron chi connectivity index (χ3n) is 2.40. The number of hydrogen-bond acceptors (Lipinski definition) is 3. The lowest BCUT2D eigenvalue weighted by Crippen LogP contribution is -2.28. The topological polar surface area (TPSA) is 41.5 Å². The Hall–Kier alpha value is -1.06. The summed E-state index contributed by atoms with van der Waals surface area (Å²) in [6.07, 6.45) is 0. The predicted octanol–water partition coefficient (Wildman–Crippen LogP) is 1.47. The van der Waals surface area contributed by atoms with Crippen LogP contribution in [0.15, 0.2) is 18.2 Å². The van der Waals surface area contributed by atoms with Gasteiger partial charge in [0.05, 0.1) is 13.7 Å². The average molecular weight is 209 g/mol. The van der Waals surface area contributed by atoms with E-state index in [1.54, 1.807) is 7.11 Å². The van der Waals surface area contributed by atoms with Crippen LogP contribution < -0.4 is 10.1 Å². The number of hydrogen-bond donors (Lipinski definition) is 2. The molecule has 0 aromatic heterocycles. The van der Waals surface area contributed by atoms with Crippen molar-refractivity contribution >= 4 is 0 Å². The second kappa shape index (κ2) is 5.73. The van der Waals surface area contributed by atoms with Crippen molar-refractivity contribution in [2.24, 2.45) is 0 Å². The number of aliphatic hydroxyl groups is 1. The maximum atomic E-state index is 8.87. The summed E-state index contributed by atoms with van der Waals surface area (Å²) >= 11 is 0. The molecule has 1 aromatic rings. The van der Waals surface area contributed by atoms with Crippen LogP contribution in [0.1, 0.15) is 18.1 Å². The smallest absolute Gasteiger partial charge is 0.122 e. The van der Waals surface area contributed by atoms with Gasteiger partial charge in [0.25, 0.3) is 0 Å². The minimum absolute atomic E-state index is 0.122. The van der Waals surface area contributed by atoms with E-state index < -0.39 is 0 Å². The van der Waals surface area contributed by atoms with E-state index in [2.05, 4.69) is 11.4 Å². The predicted molar refractivity (Wildman–Crippen MR) is 61.1 cm³/mol. The van der Waals surface area contributed by atoms with Crippen molar-refractivity contribution in [2.75, 3.05) is 13.7 Å². The average Bonchev–Trinajstić information content (AvgIpc) is 2.27. The molecule has 1 rings (SSSR count). The van der Waals surface area contributed by atoms with Crippen LogP contribution in [0.5, 0.6) is 5.75 Å². The Morgan fingerprint density at radius 3 is 2.80 bits per heavy atom. The standard InChI is InChI=1S/C12H19NO2/c1-9-4-5-11(6-12(9)15-3)7-13-10(2)8-14/h4-6,10,13-14H,7-8H2,1-3H3. The van der Waals surface area contributed by atoms with E-state index in [0.29, 0.717) is 0 Å². The number of nitrogens with one attached hydrogen (secondary N) is 1. The van der Waals surface area contributed by atoms with Gasteiger partial charge in [0.1, 0.15) is 5.75 Å². The highest BCUT2D eigenvalue weighted by atomic mass is 16.5. The van der Waals surface area contributed by atoms with Gasteiger partial charge >= 0.3 is 0 Å². The van der Waals surface area contributed by atoms with Gasteiger partial charge in [-0.25, -0.2) is 0 Å². The summed E-state index contributed by atoms with van der Waals surface area (Å²) in [5.74, 6) is 0.908. The van der Waals surface area contributed by atoms with Crippen molar-refractivity contribution in [3.05, 3.63) is 29.3 Å². The van der Waals surface area contributed by atoms with E-state index >= 15 is 0 Å². The molecular weight excluding hydrogens is 190 g/mol. The molecule has 1 aromatic carbocycles. The summed E-state index contributed by atoms with van der Waals surface area (Å²) in [5.41, 5.74) is 2.30. The Balaban J connectivity index is 2.62. The molecule has 0 aliphatic carbocycles. The normalized spacial score (nSPS) is 12.5. The summed E-state index contributed by atoms with van der Waals surface area (Å²) in [4.78, 5) is 0. The van der Waals surface area contributed by atoms with Gasteiger partial charge < -0.3 is 15.2 Å². The van der Waals surface area contributed by atoms with E-state index in [-0.39, 0.29) is 12.6 Å². The highest BCUT2D eigenvalue weighted by molar-refractivity contribution is 5.36. The number of benzene rings is 1. The van der Waals surface area contributed by atoms with Gasteiger partial charge in [-0.05, 0) is 31.0 Å². The van der Waals surface area contributed by atoms with Gasteiger partial charge in [0.2, 0.25) is 0 Å². The molecular formula is C12H19NO2. The van der Waals surface area contributed by atoms with E-state index in [4.69, 9.17) is 9.84 Å². The van der Waals surface area contributed by atoms with Gasteiger partial charge in [0.15, 0.2) is 0 Å². The maximum absolute atomic E-state index is 8.87. The first-order valence-electron chi connectivity index (χ1n) is 5.15. The van der Waals surface area contributed by atoms with Gasteiger partial charge in [-0.1, -0.05) is 12.1 Å². The highest BCUT2D eigenvalue weighted by Gasteiger charge is 2.02. The quantitative estimate of drug-likeness (QED) is 0.771. The van der Waals surface area contributed by atoms with Crippen LogP contribution >= 0.6 is 0 Å². The van der Waals surface area contributed by atoms with E-state index in [0.717, 1.165) is 23.4 Å². The molecule has 0 saturated carbocycles. The molecule has 1 unspecified atom stereocenters. The molecule has 0 radical (unpaired) electrons. The SMILES string of the molecule is COc1cc(CNC(C)CO)ccc1C. The van der Waals surface area contributed by atoms with Gasteiger partial charge in [-0.2, -0.15) is 0 Å². The third kappa shape index (κ3) is 3.53. The number of methoxy groups -OCH3 is 1. The summed E-state index contributed by atoms with van der Waals surface area (Å²) in [6, 6.07) is 6.25. The van der Waals surface area contributed by atoms with E-state index in [9.17, 15) is 0 Å². The molecule has 3 nitrogen and oxygen atoms in total. The first kappa shape index (κ1) is 12.0. The van der Waals surface area contributed by atoms with Crippen LogP contribution in [0.4, 0.5) is 0 Å². The Morgan fingerprint density at radius 1 is 1.47 bits per heavy atom. The van der Waals surface area contributed by atoms with Crippen LogP contribution in [0, 0.1) is 6.92 Å². The fraction of sp³-hybridized carbons (Fsp3) is 0.500. The van der Waals surface area contributed by atoms with Crippen molar-refractivity contribution in [3.8, 4) is 5.75 Å². The van der Waals surface area contributed by atoms with E-state index in [1.165, 1.54) is 0 Å². The van der Waals surface area contributed by atoms with Crippen LogP contribution in [-0.4, -0.2) is 24.9 Å². The summed E-state index contributed by atoms with van der Waals surface area (Å²) in [6.45, 7) is 4.87. The van der Waals surface area contributed by atoms with Gasteiger partial charge in [-0.3, -0.25) is 0 Å². The molecule has 2 N–H and O–H groups in total. The van der Waals surface area contributed by atoms with Crippen LogP contribution in [0.2, 0.25) is 0 Å². The van der Waals surface area contributed by atoms with Crippen molar-refractivity contribution in [1.82, 2.24) is 5.32 Å². The largest absolute Gasteiger partial charge is 0.496 e. The molecule has 0 heterocycles. The lowest BCUT2D eigenvalue weighted by molar-refractivity contribution is 0.251. The monoisotopic (exact) mass is 209 g/mol. The molecule has 0 aliphatic rings. The van der Waals surface area contributed by atoms with E-state index in [1.807, 2.05) is 26.0 Å². The summed E-state index contributed by atoms with van der Waals surface area (Å²) in [7, 11) is 1.68. The lowest BCUT2D eigenvalue weighted by atomic mass is 10.1. The molecule has 0 bridgehead atoms. The second-order valence-corrected chi connectivity index (χ2v) is 3.77. The fourth-order valence-corrected chi connectivity index (χ4v) is 1.33. The molecule has 0 spiro atoms. The minimum Gasteiger partial charge on any atom is -0.496 e. The van der Waals surface area contributed by atoms with Crippen molar-refractivity contribution in [1.29, 1.82) is 0 Å². The number of aliphatic hydroxyl groups excluding tert-OH is 1. The maximum Gasteiger partial charge on any atom is 0.122 e. The first-order chi connectivity index (χ1) is 7.17. The van der Waals surface area contributed by atoms with Crippen LogP contribution in [0.3, 0.4) is 0 Å². The molecule has 0 saturated heterocycles. The Kier molecular flexibility index (Phi) is 4.59. The Labute approximate surface area is 91.1 Å². The number of aryl methyl sites for hydroxylation is 1. The molecule has 0 aliphatic heterocycles. The van der Waals surface area contributed by atoms with Crippen molar-refractivity contribution in [3.63, 3.8) is 0 Å².